The molecular weight excluding hydrogens is 206 g/mol. The molecule has 2 rings (SSSR count). The highest BCUT2D eigenvalue weighted by molar-refractivity contribution is 7.98. The molecule has 0 aliphatic heterocycles. The summed E-state index contributed by atoms with van der Waals surface area (Å²) in [4.78, 5) is 0. The second-order valence-electron chi connectivity index (χ2n) is 3.30. The lowest BCUT2D eigenvalue weighted by atomic mass is 10.2. The minimum Gasteiger partial charge on any atom is -0.395 e. The molecule has 0 bridgehead atoms. The zero-order valence-corrected chi connectivity index (χ0v) is 9.37. The van der Waals surface area contributed by atoms with Crippen molar-refractivity contribution in [2.75, 3.05) is 5.73 Å². The van der Waals surface area contributed by atoms with Gasteiger partial charge in [0.05, 0.1) is 11.9 Å². The SMILES string of the molecule is Cn1ncc(N)c1SCc1ccccc1. The van der Waals surface area contributed by atoms with E-state index in [0.717, 1.165) is 16.5 Å². The smallest absolute Gasteiger partial charge is 0.117 e. The van der Waals surface area contributed by atoms with E-state index in [2.05, 4.69) is 17.2 Å². The van der Waals surface area contributed by atoms with Gasteiger partial charge in [0.25, 0.3) is 0 Å². The molecule has 1 aromatic carbocycles. The van der Waals surface area contributed by atoms with Gasteiger partial charge in [-0.05, 0) is 5.56 Å². The molecule has 2 aromatic rings. The van der Waals surface area contributed by atoms with E-state index in [0.29, 0.717) is 0 Å². The first-order valence-electron chi connectivity index (χ1n) is 4.71. The number of benzene rings is 1. The van der Waals surface area contributed by atoms with Crippen LogP contribution in [-0.2, 0) is 12.8 Å². The molecule has 0 atom stereocenters. The van der Waals surface area contributed by atoms with Crippen LogP contribution in [-0.4, -0.2) is 9.78 Å². The van der Waals surface area contributed by atoms with Crippen LogP contribution >= 0.6 is 11.8 Å². The number of hydrogen-bond acceptors (Lipinski definition) is 3. The Balaban J connectivity index is 2.05. The van der Waals surface area contributed by atoms with E-state index in [4.69, 9.17) is 5.73 Å². The lowest BCUT2D eigenvalue weighted by Gasteiger charge is -2.03. The Morgan fingerprint density at radius 1 is 1.33 bits per heavy atom. The molecular formula is C11H13N3S. The maximum absolute atomic E-state index is 5.80. The van der Waals surface area contributed by atoms with Gasteiger partial charge in [-0.1, -0.05) is 42.1 Å². The number of hydrogen-bond donors (Lipinski definition) is 1. The van der Waals surface area contributed by atoms with Gasteiger partial charge in [0.15, 0.2) is 0 Å². The summed E-state index contributed by atoms with van der Waals surface area (Å²) in [5.74, 6) is 0.921. The van der Waals surface area contributed by atoms with Crippen molar-refractivity contribution < 1.29 is 0 Å². The van der Waals surface area contributed by atoms with Gasteiger partial charge in [-0.25, -0.2) is 0 Å². The summed E-state index contributed by atoms with van der Waals surface area (Å²) in [5, 5.41) is 5.13. The standard InChI is InChI=1S/C11H13N3S/c1-14-11(10(12)7-13-14)15-8-9-5-3-2-4-6-9/h2-7H,8,12H2,1H3. The first-order chi connectivity index (χ1) is 7.27. The van der Waals surface area contributed by atoms with Crippen LogP contribution in [0.5, 0.6) is 0 Å². The van der Waals surface area contributed by atoms with Crippen molar-refractivity contribution in [3.63, 3.8) is 0 Å². The highest BCUT2D eigenvalue weighted by Gasteiger charge is 2.05. The number of aromatic nitrogens is 2. The summed E-state index contributed by atoms with van der Waals surface area (Å²) < 4.78 is 1.81. The van der Waals surface area contributed by atoms with E-state index in [1.54, 1.807) is 18.0 Å². The molecule has 4 heteroatoms. The van der Waals surface area contributed by atoms with Crippen LogP contribution in [0.1, 0.15) is 5.56 Å². The summed E-state index contributed by atoms with van der Waals surface area (Å²) in [6.07, 6.45) is 1.69. The highest BCUT2D eigenvalue weighted by atomic mass is 32.2. The Kier molecular flexibility index (Phi) is 2.97. The van der Waals surface area contributed by atoms with E-state index >= 15 is 0 Å². The molecule has 0 saturated carbocycles. The molecule has 0 amide bonds. The molecule has 0 saturated heterocycles. The predicted molar refractivity (Wildman–Crippen MR) is 63.6 cm³/mol. The number of anilines is 1. The molecule has 0 aliphatic carbocycles. The highest BCUT2D eigenvalue weighted by Crippen LogP contribution is 2.26. The molecule has 0 spiro atoms. The number of thioether (sulfide) groups is 1. The summed E-state index contributed by atoms with van der Waals surface area (Å²) in [5.41, 5.74) is 7.84. The normalized spacial score (nSPS) is 10.5. The Labute approximate surface area is 93.3 Å². The molecule has 3 nitrogen and oxygen atoms in total. The topological polar surface area (TPSA) is 43.8 Å². The zero-order chi connectivity index (χ0) is 10.7. The fourth-order valence-electron chi connectivity index (χ4n) is 1.35. The summed E-state index contributed by atoms with van der Waals surface area (Å²) in [6, 6.07) is 10.3. The molecule has 0 unspecified atom stereocenters. The number of nitrogens with zero attached hydrogens (tertiary/aromatic N) is 2. The van der Waals surface area contributed by atoms with Gasteiger partial charge in [0, 0.05) is 12.8 Å². The Bertz CT molecular complexity index is 417. The van der Waals surface area contributed by atoms with E-state index in [-0.39, 0.29) is 0 Å². The van der Waals surface area contributed by atoms with Gasteiger partial charge in [-0.2, -0.15) is 5.10 Å². The van der Waals surface area contributed by atoms with Crippen molar-refractivity contribution in [3.05, 3.63) is 42.1 Å². The van der Waals surface area contributed by atoms with Crippen molar-refractivity contribution in [3.8, 4) is 0 Å². The van der Waals surface area contributed by atoms with Gasteiger partial charge in [-0.15, -0.1) is 0 Å². The van der Waals surface area contributed by atoms with Crippen LogP contribution in [0.2, 0.25) is 0 Å². The second kappa shape index (κ2) is 4.40. The van der Waals surface area contributed by atoms with Crippen molar-refractivity contribution in [1.82, 2.24) is 9.78 Å². The van der Waals surface area contributed by atoms with Crippen LogP contribution < -0.4 is 5.73 Å². The fraction of sp³-hybridized carbons (Fsp3) is 0.182. The van der Waals surface area contributed by atoms with Crippen molar-refractivity contribution in [2.24, 2.45) is 7.05 Å². The third kappa shape index (κ3) is 2.33. The number of nitrogens with two attached hydrogens (primary N) is 1. The molecule has 15 heavy (non-hydrogen) atoms. The average molecular weight is 219 g/mol. The molecule has 2 N–H and O–H groups in total. The third-order valence-corrected chi connectivity index (χ3v) is 3.38. The number of rotatable bonds is 3. The monoisotopic (exact) mass is 219 g/mol. The molecule has 1 heterocycles. The first-order valence-corrected chi connectivity index (χ1v) is 5.70. The van der Waals surface area contributed by atoms with Crippen LogP contribution in [0.3, 0.4) is 0 Å². The van der Waals surface area contributed by atoms with Crippen molar-refractivity contribution >= 4 is 17.4 Å². The Hall–Kier alpha value is -1.42. The summed E-state index contributed by atoms with van der Waals surface area (Å²) in [6.45, 7) is 0. The van der Waals surface area contributed by atoms with E-state index < -0.39 is 0 Å². The minimum absolute atomic E-state index is 0.749. The molecule has 1 aromatic heterocycles. The van der Waals surface area contributed by atoms with Gasteiger partial charge in [0.2, 0.25) is 0 Å². The van der Waals surface area contributed by atoms with Crippen molar-refractivity contribution in [1.29, 1.82) is 0 Å². The van der Waals surface area contributed by atoms with E-state index in [1.165, 1.54) is 5.56 Å². The first kappa shape index (κ1) is 10.1. The molecule has 0 fully saturated rings. The average Bonchev–Trinajstić information content (AvgIpc) is 2.58. The Morgan fingerprint density at radius 2 is 2.07 bits per heavy atom. The Morgan fingerprint density at radius 3 is 2.67 bits per heavy atom. The van der Waals surface area contributed by atoms with Gasteiger partial charge >= 0.3 is 0 Å². The van der Waals surface area contributed by atoms with Crippen LogP contribution in [0.15, 0.2) is 41.6 Å². The van der Waals surface area contributed by atoms with Gasteiger partial charge in [0.1, 0.15) is 5.03 Å². The number of aryl methyl sites for hydroxylation is 1. The van der Waals surface area contributed by atoms with Gasteiger partial charge in [-0.3, -0.25) is 4.68 Å². The van der Waals surface area contributed by atoms with E-state index in [1.807, 2.05) is 29.9 Å². The molecule has 78 valence electrons. The fourth-order valence-corrected chi connectivity index (χ4v) is 2.30. The number of nitrogen functional groups attached to an aromatic ring is 1. The zero-order valence-electron chi connectivity index (χ0n) is 8.55. The van der Waals surface area contributed by atoms with Gasteiger partial charge < -0.3 is 5.73 Å². The second-order valence-corrected chi connectivity index (χ2v) is 4.27. The lowest BCUT2D eigenvalue weighted by molar-refractivity contribution is 0.700. The largest absolute Gasteiger partial charge is 0.395 e. The third-order valence-electron chi connectivity index (χ3n) is 2.13. The lowest BCUT2D eigenvalue weighted by Crippen LogP contribution is -1.94. The maximum Gasteiger partial charge on any atom is 0.117 e. The maximum atomic E-state index is 5.80. The van der Waals surface area contributed by atoms with Crippen molar-refractivity contribution in [2.45, 2.75) is 10.8 Å². The van der Waals surface area contributed by atoms with Crippen LogP contribution in [0.25, 0.3) is 0 Å². The van der Waals surface area contributed by atoms with Crippen LogP contribution in [0.4, 0.5) is 5.69 Å². The molecule has 0 aliphatic rings. The predicted octanol–water partition coefficient (Wildman–Crippen LogP) is 2.29. The summed E-state index contributed by atoms with van der Waals surface area (Å²) >= 11 is 1.71. The minimum atomic E-state index is 0.749. The van der Waals surface area contributed by atoms with Crippen LogP contribution in [0, 0.1) is 0 Å². The van der Waals surface area contributed by atoms with E-state index in [9.17, 15) is 0 Å². The molecule has 0 radical (unpaired) electrons. The summed E-state index contributed by atoms with van der Waals surface area (Å²) in [7, 11) is 1.91. The quantitative estimate of drug-likeness (QED) is 0.805.